The van der Waals surface area contributed by atoms with Gasteiger partial charge in [0.1, 0.15) is 0 Å². The molecule has 0 aliphatic heterocycles. The van der Waals surface area contributed by atoms with E-state index in [1.165, 1.54) is 0 Å². The normalized spacial score (nSPS) is 10.6. The molecule has 84 valence electrons. The first-order chi connectivity index (χ1) is 7.70. The summed E-state index contributed by atoms with van der Waals surface area (Å²) < 4.78 is 1.67. The minimum absolute atomic E-state index is 0.0969. The molecular weight excluding hydrogens is 226 g/mol. The van der Waals surface area contributed by atoms with Gasteiger partial charge in [0.25, 0.3) is 5.56 Å². The highest BCUT2D eigenvalue weighted by atomic mass is 35.5. The van der Waals surface area contributed by atoms with Crippen molar-refractivity contribution >= 4 is 11.6 Å². The summed E-state index contributed by atoms with van der Waals surface area (Å²) in [6, 6.07) is 7.23. The maximum absolute atomic E-state index is 11.5. The van der Waals surface area contributed by atoms with E-state index >= 15 is 0 Å². The Kier molecular flexibility index (Phi) is 3.12. The van der Waals surface area contributed by atoms with Crippen LogP contribution in [0.25, 0.3) is 5.69 Å². The number of aromatic amines is 1. The lowest BCUT2D eigenvalue weighted by atomic mass is 10.2. The van der Waals surface area contributed by atoms with Crippen molar-refractivity contribution in [1.29, 1.82) is 0 Å². The summed E-state index contributed by atoms with van der Waals surface area (Å²) in [5, 5.41) is 3.39. The fourth-order valence-corrected chi connectivity index (χ4v) is 1.63. The number of nitrogens with zero attached hydrogens (tertiary/aromatic N) is 1. The highest BCUT2D eigenvalue weighted by molar-refractivity contribution is 6.30. The Morgan fingerprint density at radius 3 is 2.62 bits per heavy atom. The Balaban J connectivity index is 2.37. The summed E-state index contributed by atoms with van der Waals surface area (Å²) in [6.45, 7) is 0.466. The highest BCUT2D eigenvalue weighted by Gasteiger charge is 2.04. The molecule has 2 aromatic rings. The zero-order valence-corrected chi connectivity index (χ0v) is 9.37. The van der Waals surface area contributed by atoms with Gasteiger partial charge in [-0.3, -0.25) is 14.6 Å². The summed E-state index contributed by atoms with van der Waals surface area (Å²) >= 11 is 5.79. The van der Waals surface area contributed by atoms with Gasteiger partial charge in [0, 0.05) is 16.8 Å². The van der Waals surface area contributed by atoms with Crippen LogP contribution in [-0.2, 0) is 6.42 Å². The van der Waals surface area contributed by atoms with E-state index in [-0.39, 0.29) is 5.56 Å². The average molecular weight is 238 g/mol. The first kappa shape index (κ1) is 11.0. The minimum Gasteiger partial charge on any atom is -0.330 e. The zero-order chi connectivity index (χ0) is 11.5. The number of H-pyrrole nitrogens is 1. The fraction of sp³-hybridized carbons (Fsp3) is 0.182. The standard InChI is InChI=1S/C11H12ClN3O/c12-9-1-3-10(4-2-9)15-7-8(5-6-13)11(16)14-15/h1-4,7H,5-6,13H2,(H,14,16). The van der Waals surface area contributed by atoms with Crippen LogP contribution in [0.4, 0.5) is 0 Å². The molecule has 0 atom stereocenters. The molecule has 0 amide bonds. The Labute approximate surface area is 97.6 Å². The number of halogens is 1. The number of nitrogens with two attached hydrogens (primary N) is 1. The molecule has 1 aromatic heterocycles. The largest absolute Gasteiger partial charge is 0.330 e. The van der Waals surface area contributed by atoms with E-state index in [2.05, 4.69) is 5.10 Å². The van der Waals surface area contributed by atoms with Gasteiger partial charge in [-0.15, -0.1) is 0 Å². The summed E-state index contributed by atoms with van der Waals surface area (Å²) in [5.74, 6) is 0. The molecule has 0 fully saturated rings. The number of benzene rings is 1. The van der Waals surface area contributed by atoms with Crippen LogP contribution >= 0.6 is 11.6 Å². The molecule has 0 unspecified atom stereocenters. The molecule has 0 aliphatic carbocycles. The smallest absolute Gasteiger partial charge is 0.267 e. The maximum Gasteiger partial charge on any atom is 0.267 e. The van der Waals surface area contributed by atoms with Crippen molar-refractivity contribution in [3.8, 4) is 5.69 Å². The lowest BCUT2D eigenvalue weighted by Crippen LogP contribution is -2.11. The molecule has 3 N–H and O–H groups in total. The Morgan fingerprint density at radius 2 is 2.00 bits per heavy atom. The minimum atomic E-state index is -0.0969. The van der Waals surface area contributed by atoms with Crippen LogP contribution in [0, 0.1) is 0 Å². The van der Waals surface area contributed by atoms with Gasteiger partial charge in [0.05, 0.1) is 5.69 Å². The molecular formula is C11H12ClN3O. The average Bonchev–Trinajstić information content (AvgIpc) is 2.62. The first-order valence-corrected chi connectivity index (χ1v) is 5.35. The Hall–Kier alpha value is -1.52. The van der Waals surface area contributed by atoms with Gasteiger partial charge in [-0.2, -0.15) is 0 Å². The molecule has 4 nitrogen and oxygen atoms in total. The van der Waals surface area contributed by atoms with Crippen LogP contribution < -0.4 is 11.3 Å². The van der Waals surface area contributed by atoms with Crippen molar-refractivity contribution in [2.45, 2.75) is 6.42 Å². The summed E-state index contributed by atoms with van der Waals surface area (Å²) in [4.78, 5) is 11.5. The van der Waals surface area contributed by atoms with Crippen molar-refractivity contribution in [2.75, 3.05) is 6.54 Å². The molecule has 0 saturated heterocycles. The zero-order valence-electron chi connectivity index (χ0n) is 8.61. The lowest BCUT2D eigenvalue weighted by Gasteiger charge is -2.01. The molecule has 0 radical (unpaired) electrons. The Bertz CT molecular complexity index is 527. The highest BCUT2D eigenvalue weighted by Crippen LogP contribution is 2.12. The van der Waals surface area contributed by atoms with E-state index in [1.807, 2.05) is 12.1 Å². The number of aromatic nitrogens is 2. The number of rotatable bonds is 3. The van der Waals surface area contributed by atoms with Gasteiger partial charge in [0.2, 0.25) is 0 Å². The van der Waals surface area contributed by atoms with E-state index in [9.17, 15) is 4.79 Å². The first-order valence-electron chi connectivity index (χ1n) is 4.97. The summed E-state index contributed by atoms with van der Waals surface area (Å²) in [5.41, 5.74) is 6.88. The van der Waals surface area contributed by atoms with Crippen LogP contribution in [-0.4, -0.2) is 16.3 Å². The van der Waals surface area contributed by atoms with Gasteiger partial charge in [-0.05, 0) is 37.2 Å². The molecule has 2 rings (SSSR count). The van der Waals surface area contributed by atoms with Crippen molar-refractivity contribution in [2.24, 2.45) is 5.73 Å². The van der Waals surface area contributed by atoms with E-state index in [0.29, 0.717) is 23.6 Å². The van der Waals surface area contributed by atoms with E-state index in [4.69, 9.17) is 17.3 Å². The van der Waals surface area contributed by atoms with Crippen molar-refractivity contribution in [3.05, 3.63) is 51.4 Å². The van der Waals surface area contributed by atoms with Crippen LogP contribution in [0.3, 0.4) is 0 Å². The van der Waals surface area contributed by atoms with E-state index < -0.39 is 0 Å². The van der Waals surface area contributed by atoms with Crippen LogP contribution in [0.5, 0.6) is 0 Å². The maximum atomic E-state index is 11.5. The van der Waals surface area contributed by atoms with Gasteiger partial charge >= 0.3 is 0 Å². The summed E-state index contributed by atoms with van der Waals surface area (Å²) in [6.07, 6.45) is 2.34. The van der Waals surface area contributed by atoms with Crippen LogP contribution in [0.2, 0.25) is 5.02 Å². The predicted octanol–water partition coefficient (Wildman–Crippen LogP) is 1.32. The lowest BCUT2D eigenvalue weighted by molar-refractivity contribution is 0.864. The number of nitrogens with one attached hydrogen (secondary N) is 1. The molecule has 0 bridgehead atoms. The molecule has 5 heteroatoms. The third-order valence-electron chi connectivity index (χ3n) is 2.32. The summed E-state index contributed by atoms with van der Waals surface area (Å²) in [7, 11) is 0. The molecule has 0 saturated carbocycles. The van der Waals surface area contributed by atoms with Gasteiger partial charge in [-0.1, -0.05) is 11.6 Å². The van der Waals surface area contributed by atoms with Crippen molar-refractivity contribution in [1.82, 2.24) is 9.78 Å². The second-order valence-electron chi connectivity index (χ2n) is 3.48. The Morgan fingerprint density at radius 1 is 1.31 bits per heavy atom. The SMILES string of the molecule is NCCc1cn(-c2ccc(Cl)cc2)[nH]c1=O. The molecule has 0 spiro atoms. The fourth-order valence-electron chi connectivity index (χ4n) is 1.50. The van der Waals surface area contributed by atoms with Crippen molar-refractivity contribution in [3.63, 3.8) is 0 Å². The third-order valence-corrected chi connectivity index (χ3v) is 2.57. The van der Waals surface area contributed by atoms with Crippen LogP contribution in [0.1, 0.15) is 5.56 Å². The number of hydrogen-bond donors (Lipinski definition) is 2. The number of hydrogen-bond acceptors (Lipinski definition) is 2. The van der Waals surface area contributed by atoms with Gasteiger partial charge in [-0.25, -0.2) is 0 Å². The molecule has 1 heterocycles. The van der Waals surface area contributed by atoms with Crippen LogP contribution in [0.15, 0.2) is 35.3 Å². The van der Waals surface area contributed by atoms with Gasteiger partial charge in [0.15, 0.2) is 0 Å². The van der Waals surface area contributed by atoms with E-state index in [0.717, 1.165) is 5.69 Å². The monoisotopic (exact) mass is 237 g/mol. The predicted molar refractivity (Wildman–Crippen MR) is 64.2 cm³/mol. The molecule has 1 aromatic carbocycles. The second kappa shape index (κ2) is 4.55. The molecule has 0 aliphatic rings. The van der Waals surface area contributed by atoms with Gasteiger partial charge < -0.3 is 5.73 Å². The topological polar surface area (TPSA) is 63.8 Å². The molecule has 16 heavy (non-hydrogen) atoms. The van der Waals surface area contributed by atoms with Crippen molar-refractivity contribution < 1.29 is 0 Å². The van der Waals surface area contributed by atoms with E-state index in [1.54, 1.807) is 23.0 Å². The second-order valence-corrected chi connectivity index (χ2v) is 3.92. The third kappa shape index (κ3) is 2.18. The quantitative estimate of drug-likeness (QED) is 0.846.